The Morgan fingerprint density at radius 1 is 1.06 bits per heavy atom. The van der Waals surface area contributed by atoms with Gasteiger partial charge in [-0.25, -0.2) is 0 Å². The Kier molecular flexibility index (Phi) is 4.35. The molecule has 0 amide bonds. The molecule has 1 saturated carbocycles. The van der Waals surface area contributed by atoms with E-state index < -0.39 is 0 Å². The second-order valence-corrected chi connectivity index (χ2v) is 4.80. The first-order chi connectivity index (χ1) is 8.35. The topological polar surface area (TPSA) is 40.5 Å². The minimum atomic E-state index is 0.176. The fourth-order valence-corrected chi connectivity index (χ4v) is 2.73. The number of aliphatic hydroxyl groups excluding tert-OH is 2. The van der Waals surface area contributed by atoms with Crippen molar-refractivity contribution < 1.29 is 10.2 Å². The minimum absolute atomic E-state index is 0.176. The Balaban J connectivity index is 2.02. The van der Waals surface area contributed by atoms with Gasteiger partial charge in [0, 0.05) is 13.2 Å². The zero-order chi connectivity index (χ0) is 12.1. The highest BCUT2D eigenvalue weighted by Crippen LogP contribution is 2.37. The van der Waals surface area contributed by atoms with Crippen LogP contribution < -0.4 is 0 Å². The summed E-state index contributed by atoms with van der Waals surface area (Å²) in [5.74, 6) is 0.891. The van der Waals surface area contributed by atoms with E-state index >= 15 is 0 Å². The van der Waals surface area contributed by atoms with Crippen LogP contribution in [-0.2, 0) is 0 Å². The summed E-state index contributed by atoms with van der Waals surface area (Å²) in [6.45, 7) is 0.371. The predicted octanol–water partition coefficient (Wildman–Crippen LogP) is 2.33. The van der Waals surface area contributed by atoms with Crippen molar-refractivity contribution in [1.29, 1.82) is 0 Å². The Labute approximate surface area is 103 Å². The zero-order valence-corrected chi connectivity index (χ0v) is 10.00. The molecule has 0 spiro atoms. The quantitative estimate of drug-likeness (QED) is 0.836. The van der Waals surface area contributed by atoms with Gasteiger partial charge in [-0.2, -0.15) is 0 Å². The van der Waals surface area contributed by atoms with Crippen LogP contribution >= 0.6 is 0 Å². The molecule has 1 fully saturated rings. The van der Waals surface area contributed by atoms with Gasteiger partial charge in [0.25, 0.3) is 0 Å². The minimum Gasteiger partial charge on any atom is -0.396 e. The number of rotatable bonds is 4. The molecular formula is C15H20O2. The molecule has 0 bridgehead atoms. The van der Waals surface area contributed by atoms with Crippen LogP contribution in [0.1, 0.15) is 18.4 Å². The van der Waals surface area contributed by atoms with Gasteiger partial charge in [-0.3, -0.25) is 0 Å². The van der Waals surface area contributed by atoms with Crippen molar-refractivity contribution in [3.63, 3.8) is 0 Å². The van der Waals surface area contributed by atoms with Gasteiger partial charge >= 0.3 is 0 Å². The summed E-state index contributed by atoms with van der Waals surface area (Å²) in [5, 5.41) is 18.6. The fourth-order valence-electron chi connectivity index (χ4n) is 2.73. The SMILES string of the molecule is OCC1CC[C@@H](/C=C/c2ccccc2)C1CO. The highest BCUT2D eigenvalue weighted by Gasteiger charge is 2.33. The molecule has 0 aliphatic heterocycles. The zero-order valence-electron chi connectivity index (χ0n) is 10.00. The van der Waals surface area contributed by atoms with E-state index in [-0.39, 0.29) is 25.0 Å². The highest BCUT2D eigenvalue weighted by atomic mass is 16.3. The molecule has 92 valence electrons. The fraction of sp³-hybridized carbons (Fsp3) is 0.467. The van der Waals surface area contributed by atoms with Crippen molar-refractivity contribution in [1.82, 2.24) is 0 Å². The van der Waals surface area contributed by atoms with Gasteiger partial charge in [0.15, 0.2) is 0 Å². The van der Waals surface area contributed by atoms with Crippen LogP contribution in [0.4, 0.5) is 0 Å². The number of hydrogen-bond donors (Lipinski definition) is 2. The van der Waals surface area contributed by atoms with Crippen LogP contribution in [0, 0.1) is 17.8 Å². The van der Waals surface area contributed by atoms with Crippen molar-refractivity contribution in [3.8, 4) is 0 Å². The summed E-state index contributed by atoms with van der Waals surface area (Å²) in [5.41, 5.74) is 1.19. The van der Waals surface area contributed by atoms with E-state index in [1.165, 1.54) is 5.56 Å². The lowest BCUT2D eigenvalue weighted by atomic mass is 9.90. The van der Waals surface area contributed by atoms with Gasteiger partial charge in [-0.05, 0) is 36.2 Å². The van der Waals surface area contributed by atoms with Gasteiger partial charge in [0.05, 0.1) is 0 Å². The molecule has 1 aromatic rings. The molecule has 0 heterocycles. The average molecular weight is 232 g/mol. The number of allylic oxidation sites excluding steroid dienone is 1. The Hall–Kier alpha value is -1.12. The second kappa shape index (κ2) is 5.99. The molecule has 2 heteroatoms. The summed E-state index contributed by atoms with van der Waals surface area (Å²) in [7, 11) is 0. The maximum atomic E-state index is 9.39. The highest BCUT2D eigenvalue weighted by molar-refractivity contribution is 5.49. The van der Waals surface area contributed by atoms with Crippen molar-refractivity contribution in [2.75, 3.05) is 13.2 Å². The normalized spacial score (nSPS) is 28.9. The van der Waals surface area contributed by atoms with E-state index in [4.69, 9.17) is 0 Å². The van der Waals surface area contributed by atoms with Gasteiger partial charge in [-0.15, -0.1) is 0 Å². The summed E-state index contributed by atoms with van der Waals surface area (Å²) in [4.78, 5) is 0. The van der Waals surface area contributed by atoms with Gasteiger partial charge in [-0.1, -0.05) is 42.5 Å². The maximum absolute atomic E-state index is 9.39. The lowest BCUT2D eigenvalue weighted by Crippen LogP contribution is -2.20. The average Bonchev–Trinajstić information content (AvgIpc) is 2.79. The van der Waals surface area contributed by atoms with Crippen LogP contribution in [-0.4, -0.2) is 23.4 Å². The molecule has 2 N–H and O–H groups in total. The molecular weight excluding hydrogens is 212 g/mol. The van der Waals surface area contributed by atoms with E-state index in [0.29, 0.717) is 5.92 Å². The Morgan fingerprint density at radius 2 is 1.82 bits per heavy atom. The summed E-state index contributed by atoms with van der Waals surface area (Å²) in [6, 6.07) is 10.2. The maximum Gasteiger partial charge on any atom is 0.0468 e. The van der Waals surface area contributed by atoms with Crippen LogP contribution in [0.3, 0.4) is 0 Å². The predicted molar refractivity (Wildman–Crippen MR) is 69.4 cm³/mol. The first kappa shape index (κ1) is 12.3. The number of benzene rings is 1. The summed E-state index contributed by atoms with van der Waals surface area (Å²) < 4.78 is 0. The first-order valence-corrected chi connectivity index (χ1v) is 6.30. The van der Waals surface area contributed by atoms with Gasteiger partial charge < -0.3 is 10.2 Å². The Morgan fingerprint density at radius 3 is 2.47 bits per heavy atom. The van der Waals surface area contributed by atoms with Crippen LogP contribution in [0.25, 0.3) is 6.08 Å². The molecule has 0 aromatic heterocycles. The van der Waals surface area contributed by atoms with Crippen molar-refractivity contribution >= 4 is 6.08 Å². The van der Waals surface area contributed by atoms with E-state index in [2.05, 4.69) is 24.3 Å². The van der Waals surface area contributed by atoms with Gasteiger partial charge in [0.1, 0.15) is 0 Å². The molecule has 2 nitrogen and oxygen atoms in total. The molecule has 17 heavy (non-hydrogen) atoms. The first-order valence-electron chi connectivity index (χ1n) is 6.30. The monoisotopic (exact) mass is 232 g/mol. The lowest BCUT2D eigenvalue weighted by molar-refractivity contribution is 0.128. The van der Waals surface area contributed by atoms with E-state index in [1.54, 1.807) is 0 Å². The molecule has 3 atom stereocenters. The van der Waals surface area contributed by atoms with Crippen molar-refractivity contribution in [2.45, 2.75) is 12.8 Å². The standard InChI is InChI=1S/C15H20O2/c16-10-14-9-8-13(15(14)11-17)7-6-12-4-2-1-3-5-12/h1-7,13-17H,8-11H2/b7-6+/t13-,14?,15?/m1/s1. The molecule has 1 aliphatic rings. The smallest absolute Gasteiger partial charge is 0.0468 e. The van der Waals surface area contributed by atoms with Crippen LogP contribution in [0.15, 0.2) is 36.4 Å². The third kappa shape index (κ3) is 2.96. The number of hydrogen-bond acceptors (Lipinski definition) is 2. The summed E-state index contributed by atoms with van der Waals surface area (Å²) in [6.07, 6.45) is 6.39. The molecule has 2 rings (SSSR count). The molecule has 1 aliphatic carbocycles. The molecule has 0 radical (unpaired) electrons. The largest absolute Gasteiger partial charge is 0.396 e. The lowest BCUT2D eigenvalue weighted by Gasteiger charge is -2.18. The molecule has 2 unspecified atom stereocenters. The second-order valence-electron chi connectivity index (χ2n) is 4.80. The Bertz CT molecular complexity index is 358. The van der Waals surface area contributed by atoms with Gasteiger partial charge in [0.2, 0.25) is 0 Å². The van der Waals surface area contributed by atoms with Crippen LogP contribution in [0.5, 0.6) is 0 Å². The van der Waals surface area contributed by atoms with Crippen LogP contribution in [0.2, 0.25) is 0 Å². The third-order valence-corrected chi connectivity index (χ3v) is 3.81. The summed E-state index contributed by atoms with van der Waals surface area (Å²) >= 11 is 0. The molecule has 1 aromatic carbocycles. The van der Waals surface area contributed by atoms with E-state index in [9.17, 15) is 10.2 Å². The van der Waals surface area contributed by atoms with Crippen molar-refractivity contribution in [3.05, 3.63) is 42.0 Å². The van der Waals surface area contributed by atoms with E-state index in [0.717, 1.165) is 12.8 Å². The van der Waals surface area contributed by atoms with Crippen molar-refractivity contribution in [2.24, 2.45) is 17.8 Å². The number of aliphatic hydroxyl groups is 2. The van der Waals surface area contributed by atoms with E-state index in [1.807, 2.05) is 18.2 Å². The molecule has 0 saturated heterocycles. The third-order valence-electron chi connectivity index (χ3n) is 3.81.